The van der Waals surface area contributed by atoms with Crippen molar-refractivity contribution in [2.75, 3.05) is 39.5 Å². The molecule has 0 saturated carbocycles. The first kappa shape index (κ1) is 24.2. The highest BCUT2D eigenvalue weighted by Gasteiger charge is 2.42. The maximum atomic E-state index is 12.2. The number of hydrogen-bond acceptors (Lipinski definition) is 3. The van der Waals surface area contributed by atoms with E-state index in [0.29, 0.717) is 12.1 Å². The summed E-state index contributed by atoms with van der Waals surface area (Å²) >= 11 is 0. The maximum Gasteiger partial charge on any atom is 0.411 e. The monoisotopic (exact) mass is 527 g/mol. The van der Waals surface area contributed by atoms with Gasteiger partial charge in [0.25, 0.3) is 0 Å². The Morgan fingerprint density at radius 1 is 1.31 bits per heavy atom. The molecule has 2 fully saturated rings. The van der Waals surface area contributed by atoms with Crippen LogP contribution < -0.4 is 5.32 Å². The van der Waals surface area contributed by atoms with Crippen LogP contribution in [0.15, 0.2) is 29.3 Å². The Morgan fingerprint density at radius 3 is 2.79 bits per heavy atom. The first-order valence-electron chi connectivity index (χ1n) is 9.72. The van der Waals surface area contributed by atoms with E-state index in [-0.39, 0.29) is 36.0 Å². The molecule has 5 nitrogen and oxygen atoms in total. The van der Waals surface area contributed by atoms with E-state index in [1.807, 2.05) is 25.1 Å². The van der Waals surface area contributed by atoms with Gasteiger partial charge in [0, 0.05) is 31.7 Å². The lowest BCUT2D eigenvalue weighted by Crippen LogP contribution is -2.41. The highest BCUT2D eigenvalue weighted by Crippen LogP contribution is 2.38. The van der Waals surface area contributed by atoms with Crippen molar-refractivity contribution in [2.45, 2.75) is 39.1 Å². The van der Waals surface area contributed by atoms with Crippen LogP contribution in [0.1, 0.15) is 30.9 Å². The smallest absolute Gasteiger partial charge is 0.381 e. The van der Waals surface area contributed by atoms with E-state index < -0.39 is 12.8 Å². The number of benzene rings is 1. The quantitative estimate of drug-likeness (QED) is 0.346. The standard InChI is InChI=1S/C20H28F3N3O2.HI/c1-2-24-18(26-8-6-19(13-26)7-9-27-14-19)25-11-16-4-3-5-17(10-16)12-28-15-20(21,22)23;/h3-5,10H,2,6-9,11-15H2,1H3,(H,24,25);1H. The van der Waals surface area contributed by atoms with Crippen LogP contribution in [0.5, 0.6) is 0 Å². The summed E-state index contributed by atoms with van der Waals surface area (Å²) in [4.78, 5) is 7.04. The van der Waals surface area contributed by atoms with Crippen LogP contribution >= 0.6 is 24.0 Å². The van der Waals surface area contributed by atoms with Gasteiger partial charge < -0.3 is 19.7 Å². The number of aliphatic imine (C=N–C) groups is 1. The summed E-state index contributed by atoms with van der Waals surface area (Å²) < 4.78 is 47.0. The van der Waals surface area contributed by atoms with Crippen molar-refractivity contribution in [1.29, 1.82) is 0 Å². The van der Waals surface area contributed by atoms with Crippen LogP contribution in [0, 0.1) is 5.41 Å². The van der Waals surface area contributed by atoms with Crippen molar-refractivity contribution in [2.24, 2.45) is 10.4 Å². The van der Waals surface area contributed by atoms with Crippen LogP contribution in [0.2, 0.25) is 0 Å². The van der Waals surface area contributed by atoms with E-state index in [2.05, 4.69) is 10.2 Å². The van der Waals surface area contributed by atoms with Crippen molar-refractivity contribution in [1.82, 2.24) is 10.2 Å². The molecule has 0 bridgehead atoms. The lowest BCUT2D eigenvalue weighted by Gasteiger charge is -2.25. The minimum atomic E-state index is -4.31. The van der Waals surface area contributed by atoms with Crippen LogP contribution in [0.3, 0.4) is 0 Å². The number of alkyl halides is 3. The normalized spacial score (nSPS) is 22.2. The molecule has 2 saturated heterocycles. The second-order valence-electron chi connectivity index (χ2n) is 7.57. The maximum absolute atomic E-state index is 12.2. The van der Waals surface area contributed by atoms with Crippen LogP contribution in [-0.2, 0) is 22.6 Å². The molecule has 0 radical (unpaired) electrons. The average Bonchev–Trinajstić information content (AvgIpc) is 3.28. The van der Waals surface area contributed by atoms with Crippen molar-refractivity contribution in [3.8, 4) is 0 Å². The number of halogens is 4. The Hall–Kier alpha value is -1.07. The van der Waals surface area contributed by atoms with Crippen LogP contribution in [-0.4, -0.2) is 56.5 Å². The fourth-order valence-corrected chi connectivity index (χ4v) is 3.78. The minimum Gasteiger partial charge on any atom is -0.381 e. The number of likely N-dealkylation sites (tertiary alicyclic amines) is 1. The topological polar surface area (TPSA) is 46.1 Å². The summed E-state index contributed by atoms with van der Waals surface area (Å²) in [6.07, 6.45) is -2.09. The van der Waals surface area contributed by atoms with Gasteiger partial charge in [-0.1, -0.05) is 24.3 Å². The van der Waals surface area contributed by atoms with Gasteiger partial charge in [0.05, 0.1) is 19.8 Å². The van der Waals surface area contributed by atoms with Crippen molar-refractivity contribution < 1.29 is 22.6 Å². The minimum absolute atomic E-state index is 0. The number of guanidine groups is 1. The fourth-order valence-electron chi connectivity index (χ4n) is 3.78. The molecule has 2 aliphatic heterocycles. The van der Waals surface area contributed by atoms with Crippen molar-refractivity contribution >= 4 is 29.9 Å². The summed E-state index contributed by atoms with van der Waals surface area (Å²) in [5.41, 5.74) is 1.91. The van der Waals surface area contributed by atoms with E-state index in [4.69, 9.17) is 14.5 Å². The second kappa shape index (κ2) is 10.8. The number of nitrogens with one attached hydrogen (secondary N) is 1. The number of hydrogen-bond donors (Lipinski definition) is 1. The zero-order chi connectivity index (χ0) is 20.0. The Kier molecular flexibility index (Phi) is 9.02. The summed E-state index contributed by atoms with van der Waals surface area (Å²) in [5.74, 6) is 0.880. The molecule has 1 aromatic rings. The van der Waals surface area contributed by atoms with Crippen LogP contribution in [0.25, 0.3) is 0 Å². The highest BCUT2D eigenvalue weighted by molar-refractivity contribution is 14.0. The molecule has 2 heterocycles. The lowest BCUT2D eigenvalue weighted by molar-refractivity contribution is -0.176. The van der Waals surface area contributed by atoms with Crippen molar-refractivity contribution in [3.63, 3.8) is 0 Å². The summed E-state index contributed by atoms with van der Waals surface area (Å²) in [5, 5.41) is 3.35. The molecule has 9 heteroatoms. The zero-order valence-electron chi connectivity index (χ0n) is 16.6. The molecule has 1 unspecified atom stereocenters. The van der Waals surface area contributed by atoms with Crippen LogP contribution in [0.4, 0.5) is 13.2 Å². The van der Waals surface area contributed by atoms with E-state index in [1.165, 1.54) is 0 Å². The SMILES string of the molecule is CCNC(=NCc1cccc(COCC(F)(F)F)c1)N1CCC2(CCOC2)C1.I. The van der Waals surface area contributed by atoms with Gasteiger partial charge in [-0.05, 0) is 30.9 Å². The zero-order valence-corrected chi connectivity index (χ0v) is 19.0. The molecule has 29 heavy (non-hydrogen) atoms. The van der Waals surface area contributed by atoms with Gasteiger partial charge >= 0.3 is 6.18 Å². The Labute approximate surface area is 187 Å². The van der Waals surface area contributed by atoms with Gasteiger partial charge in [-0.25, -0.2) is 4.99 Å². The molecular formula is C20H29F3IN3O2. The van der Waals surface area contributed by atoms with E-state index in [1.54, 1.807) is 6.07 Å². The molecular weight excluding hydrogens is 498 g/mol. The predicted molar refractivity (Wildman–Crippen MR) is 116 cm³/mol. The molecule has 0 amide bonds. The molecule has 1 spiro atoms. The summed E-state index contributed by atoms with van der Waals surface area (Å²) in [6, 6.07) is 7.36. The third kappa shape index (κ3) is 7.29. The third-order valence-electron chi connectivity index (χ3n) is 5.19. The Bertz CT molecular complexity index is 679. The van der Waals surface area contributed by atoms with Crippen molar-refractivity contribution in [3.05, 3.63) is 35.4 Å². The third-order valence-corrected chi connectivity index (χ3v) is 5.19. The van der Waals surface area contributed by atoms with Gasteiger partial charge in [0.2, 0.25) is 0 Å². The Balaban J connectivity index is 0.00000300. The summed E-state index contributed by atoms with van der Waals surface area (Å²) in [7, 11) is 0. The molecule has 1 atom stereocenters. The highest BCUT2D eigenvalue weighted by atomic mass is 127. The first-order valence-corrected chi connectivity index (χ1v) is 9.72. The molecule has 164 valence electrons. The molecule has 1 aromatic carbocycles. The fraction of sp³-hybridized carbons (Fsp3) is 0.650. The van der Waals surface area contributed by atoms with Gasteiger partial charge in [0.15, 0.2) is 5.96 Å². The van der Waals surface area contributed by atoms with Gasteiger partial charge in [-0.3, -0.25) is 0 Å². The van der Waals surface area contributed by atoms with E-state index in [9.17, 15) is 13.2 Å². The average molecular weight is 527 g/mol. The lowest BCUT2D eigenvalue weighted by atomic mass is 9.87. The first-order chi connectivity index (χ1) is 13.4. The second-order valence-corrected chi connectivity index (χ2v) is 7.57. The van der Waals surface area contributed by atoms with E-state index >= 15 is 0 Å². The van der Waals surface area contributed by atoms with Gasteiger partial charge in [-0.2, -0.15) is 13.2 Å². The number of rotatable bonds is 6. The van der Waals surface area contributed by atoms with E-state index in [0.717, 1.165) is 57.2 Å². The van der Waals surface area contributed by atoms with Gasteiger partial charge in [0.1, 0.15) is 6.61 Å². The molecule has 2 aliphatic rings. The molecule has 0 aliphatic carbocycles. The largest absolute Gasteiger partial charge is 0.411 e. The predicted octanol–water partition coefficient (Wildman–Crippen LogP) is 3.96. The van der Waals surface area contributed by atoms with Gasteiger partial charge in [-0.15, -0.1) is 24.0 Å². The molecule has 1 N–H and O–H groups in total. The molecule has 0 aromatic heterocycles. The number of ether oxygens (including phenoxy) is 2. The Morgan fingerprint density at radius 2 is 2.10 bits per heavy atom. The summed E-state index contributed by atoms with van der Waals surface area (Å²) in [6.45, 7) is 5.56. The molecule has 3 rings (SSSR count). The number of nitrogens with zero attached hydrogens (tertiary/aromatic N) is 2.